The zero-order valence-electron chi connectivity index (χ0n) is 6.14. The van der Waals surface area contributed by atoms with Gasteiger partial charge in [-0.2, -0.15) is 0 Å². The SMILES string of the molecule is O=C(O)c1ccc(S(=O)(=O)Cl)nc1. The summed E-state index contributed by atoms with van der Waals surface area (Å²) in [4.78, 5) is 13.7. The molecular formula is C6H4ClNO4S. The Morgan fingerprint density at radius 2 is 2.08 bits per heavy atom. The lowest BCUT2D eigenvalue weighted by atomic mass is 10.3. The van der Waals surface area contributed by atoms with E-state index in [4.69, 9.17) is 15.8 Å². The van der Waals surface area contributed by atoms with E-state index in [1.54, 1.807) is 0 Å². The summed E-state index contributed by atoms with van der Waals surface area (Å²) in [7, 11) is 1.08. The average molecular weight is 222 g/mol. The first-order valence-corrected chi connectivity index (χ1v) is 5.36. The van der Waals surface area contributed by atoms with Crippen LogP contribution in [-0.4, -0.2) is 24.5 Å². The van der Waals surface area contributed by atoms with E-state index >= 15 is 0 Å². The molecule has 0 atom stereocenters. The number of aromatic carboxylic acids is 1. The van der Waals surface area contributed by atoms with Gasteiger partial charge in [0, 0.05) is 16.9 Å². The van der Waals surface area contributed by atoms with Crippen LogP contribution in [0.15, 0.2) is 23.4 Å². The minimum Gasteiger partial charge on any atom is -0.478 e. The van der Waals surface area contributed by atoms with Crippen molar-refractivity contribution in [3.05, 3.63) is 23.9 Å². The average Bonchev–Trinajstić information content (AvgIpc) is 2.03. The highest BCUT2D eigenvalue weighted by molar-refractivity contribution is 8.13. The first kappa shape index (κ1) is 9.94. The molecule has 0 amide bonds. The Hall–Kier alpha value is -1.14. The molecule has 0 saturated heterocycles. The van der Waals surface area contributed by atoms with Crippen LogP contribution in [0.2, 0.25) is 0 Å². The second-order valence-electron chi connectivity index (χ2n) is 2.13. The quantitative estimate of drug-likeness (QED) is 0.744. The highest BCUT2D eigenvalue weighted by Crippen LogP contribution is 2.11. The number of carbonyl (C=O) groups is 1. The summed E-state index contributed by atoms with van der Waals surface area (Å²) in [5.74, 6) is -1.17. The molecule has 1 aromatic heterocycles. The van der Waals surface area contributed by atoms with Crippen LogP contribution in [0.3, 0.4) is 0 Å². The Bertz CT molecular complexity index is 424. The van der Waals surface area contributed by atoms with Crippen molar-refractivity contribution in [1.29, 1.82) is 0 Å². The van der Waals surface area contributed by atoms with Gasteiger partial charge in [0.1, 0.15) is 0 Å². The van der Waals surface area contributed by atoms with Crippen LogP contribution in [0.4, 0.5) is 0 Å². The van der Waals surface area contributed by atoms with Gasteiger partial charge in [0.25, 0.3) is 9.05 Å². The Labute approximate surface area is 78.4 Å². The second kappa shape index (κ2) is 3.31. The van der Waals surface area contributed by atoms with E-state index in [0.29, 0.717) is 0 Å². The van der Waals surface area contributed by atoms with Gasteiger partial charge in [-0.1, -0.05) is 0 Å². The van der Waals surface area contributed by atoms with E-state index in [-0.39, 0.29) is 10.6 Å². The predicted octanol–water partition coefficient (Wildman–Crippen LogP) is 0.707. The molecule has 0 unspecified atom stereocenters. The largest absolute Gasteiger partial charge is 0.478 e. The van der Waals surface area contributed by atoms with Crippen molar-refractivity contribution in [2.75, 3.05) is 0 Å². The molecule has 1 heterocycles. The fraction of sp³-hybridized carbons (Fsp3) is 0. The fourth-order valence-corrected chi connectivity index (χ4v) is 1.33. The Morgan fingerprint density at radius 3 is 2.38 bits per heavy atom. The summed E-state index contributed by atoms with van der Waals surface area (Å²) in [6, 6.07) is 2.15. The van der Waals surface area contributed by atoms with Gasteiger partial charge < -0.3 is 5.11 Å². The lowest BCUT2D eigenvalue weighted by molar-refractivity contribution is 0.0696. The van der Waals surface area contributed by atoms with Crippen LogP contribution < -0.4 is 0 Å². The number of halogens is 1. The number of pyridine rings is 1. The summed E-state index contributed by atoms with van der Waals surface area (Å²) in [6.45, 7) is 0. The van der Waals surface area contributed by atoms with Crippen LogP contribution in [-0.2, 0) is 9.05 Å². The zero-order chi connectivity index (χ0) is 10.1. The van der Waals surface area contributed by atoms with E-state index in [0.717, 1.165) is 18.3 Å². The maximum atomic E-state index is 10.7. The number of carboxylic acid groups (broad SMARTS) is 1. The van der Waals surface area contributed by atoms with Gasteiger partial charge in [-0.05, 0) is 12.1 Å². The number of hydrogen-bond acceptors (Lipinski definition) is 4. The van der Waals surface area contributed by atoms with Crippen molar-refractivity contribution < 1.29 is 18.3 Å². The molecular weight excluding hydrogens is 218 g/mol. The number of carboxylic acids is 1. The molecule has 0 spiro atoms. The lowest BCUT2D eigenvalue weighted by Crippen LogP contribution is -2.00. The normalized spacial score (nSPS) is 11.2. The molecule has 70 valence electrons. The van der Waals surface area contributed by atoms with E-state index in [1.165, 1.54) is 0 Å². The monoisotopic (exact) mass is 221 g/mol. The van der Waals surface area contributed by atoms with E-state index in [9.17, 15) is 13.2 Å². The molecule has 0 fully saturated rings. The number of hydrogen-bond donors (Lipinski definition) is 1. The molecule has 0 radical (unpaired) electrons. The first-order chi connectivity index (χ1) is 5.91. The molecule has 0 aliphatic rings. The molecule has 0 aromatic carbocycles. The molecule has 5 nitrogen and oxygen atoms in total. The van der Waals surface area contributed by atoms with Gasteiger partial charge in [-0.3, -0.25) is 0 Å². The van der Waals surface area contributed by atoms with Gasteiger partial charge in [-0.15, -0.1) is 0 Å². The van der Waals surface area contributed by atoms with Crippen LogP contribution in [0.1, 0.15) is 10.4 Å². The van der Waals surface area contributed by atoms with E-state index < -0.39 is 15.0 Å². The summed E-state index contributed by atoms with van der Waals surface area (Å²) in [5.41, 5.74) is -0.0935. The van der Waals surface area contributed by atoms with Crippen LogP contribution in [0.25, 0.3) is 0 Å². The van der Waals surface area contributed by atoms with Crippen LogP contribution >= 0.6 is 10.7 Å². The molecule has 1 N–H and O–H groups in total. The minimum atomic E-state index is -3.88. The Morgan fingerprint density at radius 1 is 1.46 bits per heavy atom. The molecule has 0 aliphatic heterocycles. The van der Waals surface area contributed by atoms with Crippen molar-refractivity contribution in [1.82, 2.24) is 4.98 Å². The molecule has 0 aliphatic carbocycles. The topological polar surface area (TPSA) is 84.3 Å². The van der Waals surface area contributed by atoms with Crippen molar-refractivity contribution >= 4 is 25.7 Å². The van der Waals surface area contributed by atoms with E-state index in [2.05, 4.69) is 4.98 Å². The van der Waals surface area contributed by atoms with E-state index in [1.807, 2.05) is 0 Å². The summed E-state index contributed by atoms with van der Waals surface area (Å²) in [6.07, 6.45) is 0.928. The van der Waals surface area contributed by atoms with Gasteiger partial charge in [0.15, 0.2) is 5.03 Å². The zero-order valence-corrected chi connectivity index (χ0v) is 7.71. The molecule has 1 rings (SSSR count). The fourth-order valence-electron chi connectivity index (χ4n) is 0.651. The lowest BCUT2D eigenvalue weighted by Gasteiger charge is -1.95. The molecule has 1 aromatic rings. The smallest absolute Gasteiger partial charge is 0.337 e. The summed E-state index contributed by atoms with van der Waals surface area (Å²) < 4.78 is 21.3. The number of aromatic nitrogens is 1. The highest BCUT2D eigenvalue weighted by atomic mass is 35.7. The van der Waals surface area contributed by atoms with Crippen molar-refractivity contribution in [3.63, 3.8) is 0 Å². The molecule has 0 saturated carbocycles. The van der Waals surface area contributed by atoms with Gasteiger partial charge in [0.2, 0.25) is 0 Å². The molecule has 0 bridgehead atoms. The van der Waals surface area contributed by atoms with Gasteiger partial charge in [0.05, 0.1) is 5.56 Å². The predicted molar refractivity (Wildman–Crippen MR) is 44.2 cm³/mol. The third-order valence-corrected chi connectivity index (χ3v) is 2.45. The maximum Gasteiger partial charge on any atom is 0.337 e. The number of rotatable bonds is 2. The summed E-state index contributed by atoms with van der Waals surface area (Å²) in [5, 5.41) is 8.09. The number of nitrogens with zero attached hydrogens (tertiary/aromatic N) is 1. The third-order valence-electron chi connectivity index (χ3n) is 1.23. The van der Waals surface area contributed by atoms with Gasteiger partial charge in [-0.25, -0.2) is 18.2 Å². The van der Waals surface area contributed by atoms with Crippen LogP contribution in [0, 0.1) is 0 Å². The Balaban J connectivity index is 3.16. The minimum absolute atomic E-state index is 0.0935. The molecule has 13 heavy (non-hydrogen) atoms. The standard InChI is InChI=1S/C6H4ClNO4S/c7-13(11,12)5-2-1-4(3-8-5)6(9)10/h1-3H,(H,9,10). The maximum absolute atomic E-state index is 10.7. The highest BCUT2D eigenvalue weighted by Gasteiger charge is 2.12. The third kappa shape index (κ3) is 2.40. The van der Waals surface area contributed by atoms with Crippen molar-refractivity contribution in [2.45, 2.75) is 5.03 Å². The second-order valence-corrected chi connectivity index (χ2v) is 4.64. The van der Waals surface area contributed by atoms with Gasteiger partial charge >= 0.3 is 5.97 Å². The van der Waals surface area contributed by atoms with Crippen LogP contribution in [0.5, 0.6) is 0 Å². The summed E-state index contributed by atoms with van der Waals surface area (Å²) >= 11 is 0. The molecule has 7 heteroatoms. The van der Waals surface area contributed by atoms with Crippen molar-refractivity contribution in [2.24, 2.45) is 0 Å². The van der Waals surface area contributed by atoms with Crippen molar-refractivity contribution in [3.8, 4) is 0 Å². The Kier molecular flexibility index (Phi) is 2.53. The first-order valence-electron chi connectivity index (χ1n) is 3.05.